The average Bonchev–Trinajstić information content (AvgIpc) is 2.76. The van der Waals surface area contributed by atoms with E-state index in [1.54, 1.807) is 4.90 Å². The number of methoxy groups -OCH3 is 1. The molecule has 6 heteroatoms. The largest absolute Gasteiger partial charge is 0.469 e. The Morgan fingerprint density at radius 3 is 2.71 bits per heavy atom. The number of nitrogens with one attached hydrogen (secondary N) is 1. The fraction of sp³-hybridized carbons (Fsp3) is 0.727. The molecular formula is C11H18N2O4. The molecule has 0 aromatic heterocycles. The number of amides is 2. The standard InChI is InChI=1S/C11H18N2O4/c1-3-13(5-4-10(15)17-2)11(16)8-6-9(14)12-7-8/h8H,3-7H2,1-2H3,(H,12,14). The maximum atomic E-state index is 12.0. The molecule has 96 valence electrons. The quantitative estimate of drug-likeness (QED) is 0.662. The predicted octanol–water partition coefficient (Wildman–Crippen LogP) is -0.466. The van der Waals surface area contributed by atoms with Crippen LogP contribution in [0, 0.1) is 5.92 Å². The first kappa shape index (κ1) is 13.5. The minimum atomic E-state index is -0.336. The monoisotopic (exact) mass is 242 g/mol. The van der Waals surface area contributed by atoms with Gasteiger partial charge in [0.25, 0.3) is 0 Å². The van der Waals surface area contributed by atoms with Gasteiger partial charge in [0.1, 0.15) is 0 Å². The number of hydrogen-bond donors (Lipinski definition) is 1. The molecule has 1 rings (SSSR count). The SMILES string of the molecule is CCN(CCC(=O)OC)C(=O)C1CNC(=O)C1. The first-order valence-corrected chi connectivity index (χ1v) is 5.70. The summed E-state index contributed by atoms with van der Waals surface area (Å²) in [6.07, 6.45) is 0.428. The third-order valence-corrected chi connectivity index (χ3v) is 2.83. The molecule has 0 bridgehead atoms. The Hall–Kier alpha value is -1.59. The Bertz CT molecular complexity index is 317. The van der Waals surface area contributed by atoms with Crippen LogP contribution in [-0.2, 0) is 19.1 Å². The summed E-state index contributed by atoms with van der Waals surface area (Å²) in [5, 5.41) is 2.63. The number of carbonyl (C=O) groups is 3. The zero-order chi connectivity index (χ0) is 12.8. The molecule has 1 heterocycles. The van der Waals surface area contributed by atoms with E-state index in [0.29, 0.717) is 19.6 Å². The highest BCUT2D eigenvalue weighted by molar-refractivity contribution is 5.89. The number of ether oxygens (including phenoxy) is 1. The van der Waals surface area contributed by atoms with E-state index in [4.69, 9.17) is 0 Å². The molecule has 0 aromatic rings. The number of hydrogen-bond acceptors (Lipinski definition) is 4. The third-order valence-electron chi connectivity index (χ3n) is 2.83. The second kappa shape index (κ2) is 6.22. The highest BCUT2D eigenvalue weighted by Crippen LogP contribution is 2.13. The lowest BCUT2D eigenvalue weighted by atomic mass is 10.1. The van der Waals surface area contributed by atoms with E-state index in [1.165, 1.54) is 7.11 Å². The van der Waals surface area contributed by atoms with Crippen molar-refractivity contribution < 1.29 is 19.1 Å². The Kier molecular flexibility index (Phi) is 4.93. The molecule has 1 aliphatic heterocycles. The van der Waals surface area contributed by atoms with Gasteiger partial charge >= 0.3 is 5.97 Å². The van der Waals surface area contributed by atoms with Crippen LogP contribution in [0.2, 0.25) is 0 Å². The summed E-state index contributed by atoms with van der Waals surface area (Å²) in [6.45, 7) is 3.11. The lowest BCUT2D eigenvalue weighted by molar-refractivity contribution is -0.142. The van der Waals surface area contributed by atoms with Crippen LogP contribution in [0.4, 0.5) is 0 Å². The van der Waals surface area contributed by atoms with Crippen LogP contribution >= 0.6 is 0 Å². The van der Waals surface area contributed by atoms with Crippen LogP contribution in [-0.4, -0.2) is 49.4 Å². The van der Waals surface area contributed by atoms with E-state index < -0.39 is 0 Å². The van der Waals surface area contributed by atoms with E-state index in [-0.39, 0.29) is 36.5 Å². The zero-order valence-corrected chi connectivity index (χ0v) is 10.2. The number of esters is 1. The van der Waals surface area contributed by atoms with Gasteiger partial charge in [0.05, 0.1) is 19.4 Å². The molecule has 17 heavy (non-hydrogen) atoms. The summed E-state index contributed by atoms with van der Waals surface area (Å²) < 4.78 is 4.52. The molecule has 0 saturated carbocycles. The van der Waals surface area contributed by atoms with Gasteiger partial charge in [-0.25, -0.2) is 0 Å². The molecule has 6 nitrogen and oxygen atoms in total. The molecule has 2 amide bonds. The van der Waals surface area contributed by atoms with Crippen molar-refractivity contribution in [2.24, 2.45) is 5.92 Å². The summed E-state index contributed by atoms with van der Waals surface area (Å²) in [5.41, 5.74) is 0. The van der Waals surface area contributed by atoms with Crippen LogP contribution in [0.25, 0.3) is 0 Å². The maximum absolute atomic E-state index is 12.0. The van der Waals surface area contributed by atoms with Gasteiger partial charge in [-0.1, -0.05) is 0 Å². The summed E-state index contributed by atoms with van der Waals surface area (Å²) in [7, 11) is 1.32. The van der Waals surface area contributed by atoms with Crippen molar-refractivity contribution >= 4 is 17.8 Å². The van der Waals surface area contributed by atoms with Crippen molar-refractivity contribution in [3.63, 3.8) is 0 Å². The van der Waals surface area contributed by atoms with Crippen LogP contribution in [0.1, 0.15) is 19.8 Å². The fourth-order valence-electron chi connectivity index (χ4n) is 1.79. The van der Waals surface area contributed by atoms with Crippen LogP contribution in [0.5, 0.6) is 0 Å². The van der Waals surface area contributed by atoms with E-state index in [9.17, 15) is 14.4 Å². The lowest BCUT2D eigenvalue weighted by Crippen LogP contribution is -2.38. The number of nitrogens with zero attached hydrogens (tertiary/aromatic N) is 1. The second-order valence-electron chi connectivity index (χ2n) is 3.95. The minimum Gasteiger partial charge on any atom is -0.469 e. The van der Waals surface area contributed by atoms with Crippen molar-refractivity contribution in [1.29, 1.82) is 0 Å². The maximum Gasteiger partial charge on any atom is 0.307 e. The summed E-state index contributed by atoms with van der Waals surface area (Å²) in [4.78, 5) is 35.6. The number of carbonyl (C=O) groups excluding carboxylic acids is 3. The molecule has 0 aliphatic carbocycles. The molecule has 1 fully saturated rings. The van der Waals surface area contributed by atoms with E-state index >= 15 is 0 Å². The first-order chi connectivity index (χ1) is 8.08. The topological polar surface area (TPSA) is 75.7 Å². The zero-order valence-electron chi connectivity index (χ0n) is 10.2. The molecule has 1 aliphatic rings. The smallest absolute Gasteiger partial charge is 0.307 e. The third kappa shape index (κ3) is 3.72. The van der Waals surface area contributed by atoms with Gasteiger partial charge in [0.15, 0.2) is 0 Å². The Morgan fingerprint density at radius 2 is 2.24 bits per heavy atom. The van der Waals surface area contributed by atoms with Gasteiger partial charge in [-0.3, -0.25) is 14.4 Å². The van der Waals surface area contributed by atoms with Gasteiger partial charge < -0.3 is 15.0 Å². The van der Waals surface area contributed by atoms with Crippen molar-refractivity contribution in [3.05, 3.63) is 0 Å². The van der Waals surface area contributed by atoms with Gasteiger partial charge in [-0.15, -0.1) is 0 Å². The van der Waals surface area contributed by atoms with Crippen molar-refractivity contribution in [2.75, 3.05) is 26.7 Å². The van der Waals surface area contributed by atoms with Gasteiger partial charge in [-0.2, -0.15) is 0 Å². The number of rotatable bonds is 5. The molecule has 0 radical (unpaired) electrons. The second-order valence-corrected chi connectivity index (χ2v) is 3.95. The van der Waals surface area contributed by atoms with Gasteiger partial charge in [0.2, 0.25) is 11.8 Å². The summed E-state index contributed by atoms with van der Waals surface area (Å²) >= 11 is 0. The summed E-state index contributed by atoms with van der Waals surface area (Å²) in [6, 6.07) is 0. The lowest BCUT2D eigenvalue weighted by Gasteiger charge is -2.22. The molecule has 1 unspecified atom stereocenters. The first-order valence-electron chi connectivity index (χ1n) is 5.70. The average molecular weight is 242 g/mol. The Balaban J connectivity index is 2.46. The highest BCUT2D eigenvalue weighted by Gasteiger charge is 2.30. The minimum absolute atomic E-state index is 0.0743. The van der Waals surface area contributed by atoms with E-state index in [2.05, 4.69) is 10.1 Å². The molecule has 1 saturated heterocycles. The van der Waals surface area contributed by atoms with Crippen LogP contribution in [0.3, 0.4) is 0 Å². The highest BCUT2D eigenvalue weighted by atomic mass is 16.5. The fourth-order valence-corrected chi connectivity index (χ4v) is 1.79. The van der Waals surface area contributed by atoms with Crippen molar-refractivity contribution in [3.8, 4) is 0 Å². The van der Waals surface area contributed by atoms with E-state index in [1.807, 2.05) is 6.92 Å². The molecule has 0 aromatic carbocycles. The van der Waals surface area contributed by atoms with Gasteiger partial charge in [0, 0.05) is 26.1 Å². The molecule has 1 atom stereocenters. The summed E-state index contributed by atoms with van der Waals surface area (Å²) in [5.74, 6) is -0.793. The Labute approximate surface area is 100 Å². The van der Waals surface area contributed by atoms with Crippen LogP contribution < -0.4 is 5.32 Å². The normalized spacial score (nSPS) is 18.7. The van der Waals surface area contributed by atoms with Crippen molar-refractivity contribution in [1.82, 2.24) is 10.2 Å². The Morgan fingerprint density at radius 1 is 1.53 bits per heavy atom. The van der Waals surface area contributed by atoms with E-state index in [0.717, 1.165) is 0 Å². The van der Waals surface area contributed by atoms with Gasteiger partial charge in [-0.05, 0) is 6.92 Å². The van der Waals surface area contributed by atoms with Crippen LogP contribution in [0.15, 0.2) is 0 Å². The molecular weight excluding hydrogens is 224 g/mol. The predicted molar refractivity (Wildman–Crippen MR) is 60.0 cm³/mol. The van der Waals surface area contributed by atoms with Crippen molar-refractivity contribution in [2.45, 2.75) is 19.8 Å². The molecule has 1 N–H and O–H groups in total. The molecule has 0 spiro atoms.